The van der Waals surface area contributed by atoms with Gasteiger partial charge in [-0.3, -0.25) is 14.6 Å². The highest BCUT2D eigenvalue weighted by molar-refractivity contribution is 6.05. The topological polar surface area (TPSA) is 68.8 Å². The van der Waals surface area contributed by atoms with Gasteiger partial charge >= 0.3 is 0 Å². The van der Waals surface area contributed by atoms with E-state index in [1.165, 1.54) is 24.7 Å². The van der Waals surface area contributed by atoms with Crippen molar-refractivity contribution < 1.29 is 9.59 Å². The lowest BCUT2D eigenvalue weighted by Crippen LogP contribution is -2.47. The van der Waals surface area contributed by atoms with Crippen molar-refractivity contribution in [1.82, 2.24) is 14.8 Å². The van der Waals surface area contributed by atoms with Gasteiger partial charge < -0.3 is 20.0 Å². The van der Waals surface area contributed by atoms with Crippen molar-refractivity contribution in [1.29, 1.82) is 0 Å². The van der Waals surface area contributed by atoms with Crippen molar-refractivity contribution >= 4 is 23.2 Å². The molecule has 2 aromatic rings. The number of amides is 2. The van der Waals surface area contributed by atoms with E-state index in [1.807, 2.05) is 31.3 Å². The first-order valence-corrected chi connectivity index (χ1v) is 10.2. The molecule has 2 amide bonds. The maximum absolute atomic E-state index is 12.7. The highest BCUT2D eigenvalue weighted by Gasteiger charge is 2.22. The monoisotopic (exact) mass is 393 g/mol. The van der Waals surface area contributed by atoms with Gasteiger partial charge in [0.15, 0.2) is 0 Å². The average Bonchev–Trinajstić information content (AvgIpc) is 3.29. The SMILES string of the molecule is CN1CCN(C(=O)c2cc(C(=O)Nc3ccc(N4CCCC4)cc3)ccn2)CC1. The van der Waals surface area contributed by atoms with E-state index in [4.69, 9.17) is 0 Å². The van der Waals surface area contributed by atoms with E-state index in [2.05, 4.69) is 20.1 Å². The molecule has 29 heavy (non-hydrogen) atoms. The summed E-state index contributed by atoms with van der Waals surface area (Å²) in [6.07, 6.45) is 3.99. The summed E-state index contributed by atoms with van der Waals surface area (Å²) in [6, 6.07) is 11.1. The maximum atomic E-state index is 12.7. The third-order valence-electron chi connectivity index (χ3n) is 5.63. The smallest absolute Gasteiger partial charge is 0.272 e. The minimum absolute atomic E-state index is 0.122. The zero-order chi connectivity index (χ0) is 20.2. The third-order valence-corrected chi connectivity index (χ3v) is 5.63. The number of carbonyl (C=O) groups excluding carboxylic acids is 2. The van der Waals surface area contributed by atoms with Gasteiger partial charge in [-0.1, -0.05) is 0 Å². The minimum atomic E-state index is -0.242. The predicted molar refractivity (Wildman–Crippen MR) is 113 cm³/mol. The molecule has 7 heteroatoms. The summed E-state index contributed by atoms with van der Waals surface area (Å²) >= 11 is 0. The van der Waals surface area contributed by atoms with E-state index in [0.717, 1.165) is 31.9 Å². The van der Waals surface area contributed by atoms with E-state index in [0.29, 0.717) is 24.3 Å². The molecular weight excluding hydrogens is 366 g/mol. The van der Waals surface area contributed by atoms with Crippen LogP contribution in [0, 0.1) is 0 Å². The first-order valence-electron chi connectivity index (χ1n) is 10.2. The second-order valence-electron chi connectivity index (χ2n) is 7.72. The Morgan fingerprint density at radius 3 is 2.31 bits per heavy atom. The summed E-state index contributed by atoms with van der Waals surface area (Å²) in [6.45, 7) is 5.23. The summed E-state index contributed by atoms with van der Waals surface area (Å²) < 4.78 is 0. The van der Waals surface area contributed by atoms with Crippen LogP contribution in [0.3, 0.4) is 0 Å². The van der Waals surface area contributed by atoms with E-state index < -0.39 is 0 Å². The highest BCUT2D eigenvalue weighted by atomic mass is 16.2. The van der Waals surface area contributed by atoms with E-state index in [1.54, 1.807) is 17.0 Å². The molecular formula is C22H27N5O2. The number of nitrogens with one attached hydrogen (secondary N) is 1. The molecule has 0 bridgehead atoms. The molecule has 1 aromatic heterocycles. The van der Waals surface area contributed by atoms with Crippen molar-refractivity contribution in [2.45, 2.75) is 12.8 Å². The number of piperazine rings is 1. The van der Waals surface area contributed by atoms with Crippen LogP contribution in [0.25, 0.3) is 0 Å². The Kier molecular flexibility index (Phi) is 5.76. The number of benzene rings is 1. The highest BCUT2D eigenvalue weighted by Crippen LogP contribution is 2.22. The number of pyridine rings is 1. The summed E-state index contributed by atoms with van der Waals surface area (Å²) in [7, 11) is 2.04. The van der Waals surface area contributed by atoms with Crippen LogP contribution in [-0.4, -0.2) is 72.9 Å². The van der Waals surface area contributed by atoms with Crippen LogP contribution >= 0.6 is 0 Å². The molecule has 2 fully saturated rings. The molecule has 0 radical (unpaired) electrons. The molecule has 0 unspecified atom stereocenters. The zero-order valence-corrected chi connectivity index (χ0v) is 16.8. The van der Waals surface area contributed by atoms with Gasteiger partial charge in [-0.05, 0) is 56.3 Å². The number of rotatable bonds is 4. The van der Waals surface area contributed by atoms with Gasteiger partial charge in [0.05, 0.1) is 0 Å². The number of aromatic nitrogens is 1. The van der Waals surface area contributed by atoms with Crippen molar-refractivity contribution in [2.24, 2.45) is 0 Å². The Balaban J connectivity index is 1.41. The quantitative estimate of drug-likeness (QED) is 0.863. The van der Waals surface area contributed by atoms with Gasteiger partial charge in [0.1, 0.15) is 5.69 Å². The molecule has 1 N–H and O–H groups in total. The predicted octanol–water partition coefficient (Wildman–Crippen LogP) is 2.32. The molecule has 0 atom stereocenters. The molecule has 0 aliphatic carbocycles. The van der Waals surface area contributed by atoms with Crippen LogP contribution in [0.1, 0.15) is 33.7 Å². The van der Waals surface area contributed by atoms with Crippen LogP contribution in [0.4, 0.5) is 11.4 Å². The summed E-state index contributed by atoms with van der Waals surface area (Å²) in [5.41, 5.74) is 2.67. The Morgan fingerprint density at radius 1 is 0.931 bits per heavy atom. The standard InChI is InChI=1S/C22H27N5O2/c1-25-12-14-27(15-13-25)22(29)20-16-17(8-9-23-20)21(28)24-18-4-6-19(7-5-18)26-10-2-3-11-26/h4-9,16H,2-3,10-15H2,1H3,(H,24,28). The van der Waals surface area contributed by atoms with Crippen LogP contribution in [0.15, 0.2) is 42.6 Å². The molecule has 7 nitrogen and oxygen atoms in total. The van der Waals surface area contributed by atoms with Crippen molar-refractivity contribution in [2.75, 3.05) is 56.5 Å². The summed E-state index contributed by atoms with van der Waals surface area (Å²) in [5, 5.41) is 2.91. The van der Waals surface area contributed by atoms with Crippen molar-refractivity contribution in [3.8, 4) is 0 Å². The average molecular weight is 393 g/mol. The molecule has 2 aliphatic rings. The summed E-state index contributed by atoms with van der Waals surface area (Å²) in [4.78, 5) is 35.9. The number of carbonyl (C=O) groups is 2. The fourth-order valence-electron chi connectivity index (χ4n) is 3.79. The lowest BCUT2D eigenvalue weighted by molar-refractivity contribution is 0.0658. The fourth-order valence-corrected chi connectivity index (χ4v) is 3.79. The Bertz CT molecular complexity index is 869. The molecule has 1 aromatic carbocycles. The molecule has 4 rings (SSSR count). The van der Waals surface area contributed by atoms with Crippen LogP contribution in [0.5, 0.6) is 0 Å². The van der Waals surface area contributed by atoms with E-state index in [9.17, 15) is 9.59 Å². The number of hydrogen-bond acceptors (Lipinski definition) is 5. The second kappa shape index (κ2) is 8.61. The van der Waals surface area contributed by atoms with Gasteiger partial charge in [-0.25, -0.2) is 0 Å². The van der Waals surface area contributed by atoms with Gasteiger partial charge in [-0.15, -0.1) is 0 Å². The first-order chi connectivity index (χ1) is 14.1. The Hall–Kier alpha value is -2.93. The zero-order valence-electron chi connectivity index (χ0n) is 16.8. The van der Waals surface area contributed by atoms with E-state index in [-0.39, 0.29) is 11.8 Å². The number of hydrogen-bond donors (Lipinski definition) is 1. The van der Waals surface area contributed by atoms with Gasteiger partial charge in [-0.2, -0.15) is 0 Å². The van der Waals surface area contributed by atoms with Crippen LogP contribution < -0.4 is 10.2 Å². The number of anilines is 2. The fraction of sp³-hybridized carbons (Fsp3) is 0.409. The summed E-state index contributed by atoms with van der Waals surface area (Å²) in [5.74, 6) is -0.364. The molecule has 0 spiro atoms. The van der Waals surface area contributed by atoms with E-state index >= 15 is 0 Å². The largest absolute Gasteiger partial charge is 0.372 e. The molecule has 2 aliphatic heterocycles. The van der Waals surface area contributed by atoms with Crippen molar-refractivity contribution in [3.05, 3.63) is 53.9 Å². The van der Waals surface area contributed by atoms with Gasteiger partial charge in [0.2, 0.25) is 0 Å². The number of likely N-dealkylation sites (N-methyl/N-ethyl adjacent to an activating group) is 1. The molecule has 3 heterocycles. The lowest BCUT2D eigenvalue weighted by Gasteiger charge is -2.32. The van der Waals surface area contributed by atoms with Gasteiger partial charge in [0.25, 0.3) is 11.8 Å². The van der Waals surface area contributed by atoms with Crippen molar-refractivity contribution in [3.63, 3.8) is 0 Å². The molecule has 0 saturated carbocycles. The lowest BCUT2D eigenvalue weighted by atomic mass is 10.2. The van der Waals surface area contributed by atoms with Gasteiger partial charge in [0, 0.05) is 62.4 Å². The minimum Gasteiger partial charge on any atom is -0.372 e. The molecule has 2 saturated heterocycles. The number of nitrogens with zero attached hydrogens (tertiary/aromatic N) is 4. The second-order valence-corrected chi connectivity index (χ2v) is 7.72. The Labute approximate surface area is 171 Å². The Morgan fingerprint density at radius 2 is 1.62 bits per heavy atom. The van der Waals surface area contributed by atoms with Crippen LogP contribution in [0.2, 0.25) is 0 Å². The third kappa shape index (κ3) is 4.56. The molecule has 152 valence electrons. The normalized spacial score (nSPS) is 17.4. The van der Waals surface area contributed by atoms with Crippen LogP contribution in [-0.2, 0) is 0 Å². The maximum Gasteiger partial charge on any atom is 0.272 e. The first kappa shape index (κ1) is 19.4.